The molecular weight excluding hydrogens is 345 g/mol. The average molecular weight is 358 g/mol. The number of aryl methyl sites for hydroxylation is 1. The molecule has 0 aliphatic carbocycles. The molecule has 122 valence electrons. The van der Waals surface area contributed by atoms with E-state index in [1.165, 1.54) is 0 Å². The van der Waals surface area contributed by atoms with E-state index in [2.05, 4.69) is 15.8 Å². The smallest absolute Gasteiger partial charge is 0.355 e. The summed E-state index contributed by atoms with van der Waals surface area (Å²) in [5.41, 5.74) is 3.24. The lowest BCUT2D eigenvalue weighted by Gasteiger charge is -2.13. The lowest BCUT2D eigenvalue weighted by molar-refractivity contribution is -0.140. The Labute approximate surface area is 142 Å². The molecule has 0 spiro atoms. The summed E-state index contributed by atoms with van der Waals surface area (Å²) in [4.78, 5) is 34.5. The number of amides is 2. The Morgan fingerprint density at radius 1 is 1.35 bits per heavy atom. The third-order valence-electron chi connectivity index (χ3n) is 3.02. The molecule has 9 heteroatoms. The van der Waals surface area contributed by atoms with Crippen molar-refractivity contribution in [1.82, 2.24) is 5.43 Å². The van der Waals surface area contributed by atoms with Crippen LogP contribution in [0.25, 0.3) is 0 Å². The highest BCUT2D eigenvalue weighted by Gasteiger charge is 2.21. The molecular formula is C14H13Cl2N3O4. The largest absolute Gasteiger partial charge is 0.451 e. The Bertz CT molecular complexity index is 704. The predicted molar refractivity (Wildman–Crippen MR) is 85.6 cm³/mol. The molecule has 1 heterocycles. The highest BCUT2D eigenvalue weighted by Crippen LogP contribution is 2.32. The lowest BCUT2D eigenvalue weighted by Crippen LogP contribution is -2.32. The van der Waals surface area contributed by atoms with E-state index in [-0.39, 0.29) is 35.2 Å². The second-order valence-corrected chi connectivity index (χ2v) is 5.56. The number of hydrogen-bond donors (Lipinski definition) is 2. The summed E-state index contributed by atoms with van der Waals surface area (Å²) >= 11 is 12.1. The number of hydrogen-bond acceptors (Lipinski definition) is 5. The van der Waals surface area contributed by atoms with Gasteiger partial charge < -0.3 is 10.1 Å². The Kier molecular flexibility index (Phi) is 5.57. The molecule has 1 aromatic carbocycles. The van der Waals surface area contributed by atoms with Gasteiger partial charge in [-0.25, -0.2) is 10.2 Å². The van der Waals surface area contributed by atoms with Crippen molar-refractivity contribution in [3.05, 3.63) is 27.7 Å². The summed E-state index contributed by atoms with van der Waals surface area (Å²) in [7, 11) is 0. The standard InChI is InChI=1S/C14H13Cl2N3O4/c1-7-2-3-8(15)13(12(7)16)17-11(21)6-23-14(22)9-4-5-10(20)19-18-9/h2-3H,4-6H2,1H3,(H,17,21)(H,19,20). The Hall–Kier alpha value is -2.12. The topological polar surface area (TPSA) is 96.9 Å². The maximum absolute atomic E-state index is 11.9. The SMILES string of the molecule is Cc1ccc(Cl)c(NC(=O)COC(=O)C2=NNC(=O)CC2)c1Cl. The van der Waals surface area contributed by atoms with Crippen LogP contribution in [-0.4, -0.2) is 30.1 Å². The summed E-state index contributed by atoms with van der Waals surface area (Å²) in [5, 5.41) is 6.67. The van der Waals surface area contributed by atoms with E-state index in [9.17, 15) is 14.4 Å². The molecule has 2 amide bonds. The van der Waals surface area contributed by atoms with Gasteiger partial charge in [0.25, 0.3) is 5.91 Å². The number of carbonyl (C=O) groups excluding carboxylic acids is 3. The summed E-state index contributed by atoms with van der Waals surface area (Å²) in [6.45, 7) is 1.25. The fourth-order valence-electron chi connectivity index (χ4n) is 1.78. The molecule has 1 aliphatic heterocycles. The minimum atomic E-state index is -0.762. The molecule has 7 nitrogen and oxygen atoms in total. The zero-order chi connectivity index (χ0) is 17.0. The zero-order valence-corrected chi connectivity index (χ0v) is 13.6. The Balaban J connectivity index is 1.92. The van der Waals surface area contributed by atoms with E-state index < -0.39 is 18.5 Å². The maximum atomic E-state index is 11.9. The van der Waals surface area contributed by atoms with E-state index in [4.69, 9.17) is 27.9 Å². The summed E-state index contributed by atoms with van der Waals surface area (Å²) in [6.07, 6.45) is 0.316. The number of hydrazone groups is 1. The molecule has 0 aromatic heterocycles. The number of benzene rings is 1. The fourth-order valence-corrected chi connectivity index (χ4v) is 2.25. The van der Waals surface area contributed by atoms with Crippen molar-refractivity contribution >= 4 is 52.4 Å². The van der Waals surface area contributed by atoms with Gasteiger partial charge in [-0.05, 0) is 18.6 Å². The highest BCUT2D eigenvalue weighted by molar-refractivity contribution is 6.40. The van der Waals surface area contributed by atoms with Crippen LogP contribution in [-0.2, 0) is 19.1 Å². The monoisotopic (exact) mass is 357 g/mol. The quantitative estimate of drug-likeness (QED) is 0.805. The first-order valence-corrected chi connectivity index (χ1v) is 7.41. The van der Waals surface area contributed by atoms with Crippen LogP contribution >= 0.6 is 23.2 Å². The Morgan fingerprint density at radius 2 is 2.09 bits per heavy atom. The van der Waals surface area contributed by atoms with Crippen LogP contribution in [0.3, 0.4) is 0 Å². The van der Waals surface area contributed by atoms with Crippen LogP contribution in [0.1, 0.15) is 18.4 Å². The van der Waals surface area contributed by atoms with Crippen LogP contribution < -0.4 is 10.7 Å². The predicted octanol–water partition coefficient (Wildman–Crippen LogP) is 2.05. The molecule has 23 heavy (non-hydrogen) atoms. The molecule has 0 fully saturated rings. The van der Waals surface area contributed by atoms with Gasteiger partial charge in [0.15, 0.2) is 6.61 Å². The van der Waals surface area contributed by atoms with E-state index >= 15 is 0 Å². The van der Waals surface area contributed by atoms with Gasteiger partial charge in [0, 0.05) is 12.8 Å². The summed E-state index contributed by atoms with van der Waals surface area (Å²) in [5.74, 6) is -1.63. The van der Waals surface area contributed by atoms with Crippen molar-refractivity contribution in [3.63, 3.8) is 0 Å². The number of anilines is 1. The molecule has 1 aromatic rings. The molecule has 2 rings (SSSR count). The number of rotatable bonds is 4. The van der Waals surface area contributed by atoms with Gasteiger partial charge in [-0.2, -0.15) is 5.10 Å². The van der Waals surface area contributed by atoms with E-state index in [1.54, 1.807) is 19.1 Å². The van der Waals surface area contributed by atoms with Gasteiger partial charge in [-0.15, -0.1) is 0 Å². The van der Waals surface area contributed by atoms with E-state index in [0.717, 1.165) is 5.56 Å². The minimum absolute atomic E-state index is 0.0593. The number of ether oxygens (including phenoxy) is 1. The first-order valence-electron chi connectivity index (χ1n) is 6.65. The zero-order valence-electron chi connectivity index (χ0n) is 12.1. The molecule has 0 saturated carbocycles. The third-order valence-corrected chi connectivity index (χ3v) is 3.83. The van der Waals surface area contributed by atoms with Crippen molar-refractivity contribution in [2.45, 2.75) is 19.8 Å². The number of halogens is 2. The van der Waals surface area contributed by atoms with Gasteiger partial charge in [0.1, 0.15) is 5.71 Å². The summed E-state index contributed by atoms with van der Waals surface area (Å²) in [6, 6.07) is 3.32. The van der Waals surface area contributed by atoms with Gasteiger partial charge in [0.2, 0.25) is 5.91 Å². The number of nitrogens with zero attached hydrogens (tertiary/aromatic N) is 1. The molecule has 1 aliphatic rings. The second-order valence-electron chi connectivity index (χ2n) is 4.77. The van der Waals surface area contributed by atoms with Crippen LogP contribution in [0, 0.1) is 6.92 Å². The van der Waals surface area contributed by atoms with Gasteiger partial charge in [0.05, 0.1) is 15.7 Å². The molecule has 0 saturated heterocycles. The van der Waals surface area contributed by atoms with Crippen LogP contribution in [0.4, 0.5) is 5.69 Å². The average Bonchev–Trinajstić information content (AvgIpc) is 2.53. The van der Waals surface area contributed by atoms with Gasteiger partial charge in [-0.1, -0.05) is 29.3 Å². The maximum Gasteiger partial charge on any atom is 0.355 e. The van der Waals surface area contributed by atoms with Crippen LogP contribution in [0.15, 0.2) is 17.2 Å². The summed E-state index contributed by atoms with van der Waals surface area (Å²) < 4.78 is 4.84. The molecule has 0 atom stereocenters. The first-order chi connectivity index (χ1) is 10.9. The normalized spacial score (nSPS) is 13.9. The van der Waals surface area contributed by atoms with Gasteiger partial charge in [-0.3, -0.25) is 9.59 Å². The first kappa shape index (κ1) is 17.2. The fraction of sp³-hybridized carbons (Fsp3) is 0.286. The molecule has 0 unspecified atom stereocenters. The number of esters is 1. The van der Waals surface area contributed by atoms with Crippen molar-refractivity contribution in [2.75, 3.05) is 11.9 Å². The number of carbonyl (C=O) groups is 3. The molecule has 0 bridgehead atoms. The molecule has 2 N–H and O–H groups in total. The van der Waals surface area contributed by atoms with Crippen LogP contribution in [0.2, 0.25) is 10.0 Å². The lowest BCUT2D eigenvalue weighted by atomic mass is 10.2. The third kappa shape index (κ3) is 4.43. The van der Waals surface area contributed by atoms with Crippen LogP contribution in [0.5, 0.6) is 0 Å². The molecule has 0 radical (unpaired) electrons. The van der Waals surface area contributed by atoms with E-state index in [0.29, 0.717) is 5.02 Å². The number of nitrogens with one attached hydrogen (secondary N) is 2. The highest BCUT2D eigenvalue weighted by atomic mass is 35.5. The van der Waals surface area contributed by atoms with Crippen molar-refractivity contribution < 1.29 is 19.1 Å². The minimum Gasteiger partial charge on any atom is -0.451 e. The van der Waals surface area contributed by atoms with Gasteiger partial charge >= 0.3 is 5.97 Å². The Morgan fingerprint density at radius 3 is 2.74 bits per heavy atom. The van der Waals surface area contributed by atoms with Crippen molar-refractivity contribution in [3.8, 4) is 0 Å². The van der Waals surface area contributed by atoms with Crippen molar-refractivity contribution in [1.29, 1.82) is 0 Å². The van der Waals surface area contributed by atoms with Crippen molar-refractivity contribution in [2.24, 2.45) is 5.10 Å². The second kappa shape index (κ2) is 7.43. The van der Waals surface area contributed by atoms with E-state index in [1.807, 2.05) is 0 Å².